The zero-order valence-electron chi connectivity index (χ0n) is 18.8. The molecule has 2 aliphatic rings. The lowest BCUT2D eigenvalue weighted by atomic mass is 9.85. The van der Waals surface area contributed by atoms with E-state index in [0.717, 1.165) is 23.1 Å². The molecule has 2 aromatic carbocycles. The van der Waals surface area contributed by atoms with E-state index in [-0.39, 0.29) is 17.2 Å². The normalized spacial score (nSPS) is 18.6. The maximum Gasteiger partial charge on any atom is 0.264 e. The molecule has 5 rings (SSSR count). The van der Waals surface area contributed by atoms with E-state index in [4.69, 9.17) is 9.47 Å². The van der Waals surface area contributed by atoms with Crippen LogP contribution in [0, 0.1) is 5.92 Å². The first kappa shape index (κ1) is 21.4. The number of aromatic nitrogens is 2. The van der Waals surface area contributed by atoms with Crippen LogP contribution >= 0.6 is 0 Å². The lowest BCUT2D eigenvalue weighted by molar-refractivity contribution is -0.0432. The van der Waals surface area contributed by atoms with Gasteiger partial charge in [0.15, 0.2) is 0 Å². The van der Waals surface area contributed by atoms with E-state index < -0.39 is 6.29 Å². The van der Waals surface area contributed by atoms with E-state index in [1.165, 1.54) is 43.3 Å². The molecule has 33 heavy (non-hydrogen) atoms. The summed E-state index contributed by atoms with van der Waals surface area (Å²) in [4.78, 5) is 14.6. The second-order valence-corrected chi connectivity index (χ2v) is 8.99. The van der Waals surface area contributed by atoms with Crippen LogP contribution in [-0.4, -0.2) is 39.4 Å². The van der Waals surface area contributed by atoms with E-state index in [9.17, 15) is 9.90 Å². The molecule has 172 valence electrons. The molecule has 2 heterocycles. The van der Waals surface area contributed by atoms with E-state index >= 15 is 0 Å². The van der Waals surface area contributed by atoms with Gasteiger partial charge in [-0.25, -0.2) is 0 Å². The van der Waals surface area contributed by atoms with Crippen molar-refractivity contribution in [3.8, 4) is 5.75 Å². The van der Waals surface area contributed by atoms with Crippen molar-refractivity contribution < 1.29 is 19.4 Å². The van der Waals surface area contributed by atoms with Crippen LogP contribution in [0.2, 0.25) is 0 Å². The number of nitrogens with one attached hydrogen (secondary N) is 1. The standard InChI is InChI=1S/C26H29N3O4/c1-29(24-16-32-25(33-24)13-18-10-6-3-7-11-18)26(31)20-14-19-21(12-17-8-4-2-5-9-17)27-28-22(19)15-23(20)30/h3,6-7,10-11,14-17,25,30H,2,4-5,8-9,12-13H2,1H3,(H,27,28). The van der Waals surface area contributed by atoms with Crippen LogP contribution in [0.15, 0.2) is 54.6 Å². The fourth-order valence-corrected chi connectivity index (χ4v) is 4.77. The molecule has 1 aliphatic heterocycles. The Morgan fingerprint density at radius 1 is 1.15 bits per heavy atom. The Kier molecular flexibility index (Phi) is 5.94. The number of hydrogen-bond acceptors (Lipinski definition) is 5. The van der Waals surface area contributed by atoms with Crippen molar-refractivity contribution in [2.75, 3.05) is 7.05 Å². The third kappa shape index (κ3) is 4.53. The SMILES string of the molecule is CN(C(=O)c1cc2c(CC3CCCCC3)[nH]nc2cc1O)C1=COC(Cc2ccccc2)O1. The second kappa shape index (κ2) is 9.17. The summed E-state index contributed by atoms with van der Waals surface area (Å²) in [5, 5.41) is 18.9. The Labute approximate surface area is 193 Å². The average molecular weight is 448 g/mol. The molecule has 1 unspecified atom stereocenters. The van der Waals surface area contributed by atoms with Gasteiger partial charge in [-0.2, -0.15) is 5.10 Å². The number of fused-ring (bicyclic) bond motifs is 1. The first-order chi connectivity index (χ1) is 16.1. The van der Waals surface area contributed by atoms with Crippen molar-refractivity contribution in [2.24, 2.45) is 5.92 Å². The smallest absolute Gasteiger partial charge is 0.264 e. The maximum atomic E-state index is 13.2. The largest absolute Gasteiger partial charge is 0.507 e. The molecule has 1 saturated carbocycles. The van der Waals surface area contributed by atoms with Crippen LogP contribution in [0.1, 0.15) is 53.7 Å². The van der Waals surface area contributed by atoms with Gasteiger partial charge in [-0.05, 0) is 24.0 Å². The summed E-state index contributed by atoms with van der Waals surface area (Å²) in [6, 6.07) is 13.2. The van der Waals surface area contributed by atoms with Gasteiger partial charge in [-0.1, -0.05) is 62.4 Å². The summed E-state index contributed by atoms with van der Waals surface area (Å²) < 4.78 is 11.5. The predicted octanol–water partition coefficient (Wildman–Crippen LogP) is 4.88. The lowest BCUT2D eigenvalue weighted by Crippen LogP contribution is -2.27. The highest BCUT2D eigenvalue weighted by Gasteiger charge is 2.28. The predicted molar refractivity (Wildman–Crippen MR) is 124 cm³/mol. The Hall–Kier alpha value is -3.48. The van der Waals surface area contributed by atoms with Crippen LogP contribution < -0.4 is 0 Å². The van der Waals surface area contributed by atoms with Crippen LogP contribution in [0.3, 0.4) is 0 Å². The molecule has 1 aromatic heterocycles. The summed E-state index contributed by atoms with van der Waals surface area (Å²) in [5.74, 6) is 0.480. The van der Waals surface area contributed by atoms with Gasteiger partial charge in [0.2, 0.25) is 12.2 Å². The third-order valence-electron chi connectivity index (χ3n) is 6.65. The Morgan fingerprint density at radius 3 is 2.73 bits per heavy atom. The first-order valence-electron chi connectivity index (χ1n) is 11.6. The quantitative estimate of drug-likeness (QED) is 0.562. The number of carbonyl (C=O) groups is 1. The van der Waals surface area contributed by atoms with Gasteiger partial charge in [0.25, 0.3) is 5.91 Å². The van der Waals surface area contributed by atoms with Crippen LogP contribution in [0.5, 0.6) is 5.75 Å². The second-order valence-electron chi connectivity index (χ2n) is 8.99. The topological polar surface area (TPSA) is 87.7 Å². The third-order valence-corrected chi connectivity index (χ3v) is 6.65. The Morgan fingerprint density at radius 2 is 1.94 bits per heavy atom. The van der Waals surface area contributed by atoms with Gasteiger partial charge >= 0.3 is 0 Å². The molecule has 0 saturated heterocycles. The highest BCUT2D eigenvalue weighted by molar-refractivity contribution is 6.01. The van der Waals surface area contributed by atoms with E-state index in [1.54, 1.807) is 19.2 Å². The Balaban J connectivity index is 1.31. The fraction of sp³-hybridized carbons (Fsp3) is 0.385. The molecular formula is C26H29N3O4. The number of nitrogens with zero attached hydrogens (tertiary/aromatic N) is 2. The summed E-state index contributed by atoms with van der Waals surface area (Å²) in [6.07, 6.45) is 8.74. The number of amides is 1. The number of carbonyl (C=O) groups excluding carboxylic acids is 1. The number of H-pyrrole nitrogens is 1. The first-order valence-corrected chi connectivity index (χ1v) is 11.6. The van der Waals surface area contributed by atoms with Gasteiger partial charge in [0, 0.05) is 30.6 Å². The van der Waals surface area contributed by atoms with Crippen LogP contribution in [0.4, 0.5) is 0 Å². The summed E-state index contributed by atoms with van der Waals surface area (Å²) in [5.41, 5.74) is 2.99. The van der Waals surface area contributed by atoms with Gasteiger partial charge < -0.3 is 14.6 Å². The molecule has 7 nitrogen and oxygen atoms in total. The number of hydrogen-bond donors (Lipinski definition) is 2. The van der Waals surface area contributed by atoms with Crippen LogP contribution in [-0.2, 0) is 22.3 Å². The number of ether oxygens (including phenoxy) is 2. The monoisotopic (exact) mass is 447 g/mol. The summed E-state index contributed by atoms with van der Waals surface area (Å²) in [6.45, 7) is 0. The highest BCUT2D eigenvalue weighted by atomic mass is 16.7. The maximum absolute atomic E-state index is 13.2. The molecule has 0 bridgehead atoms. The van der Waals surface area contributed by atoms with E-state index in [2.05, 4.69) is 10.2 Å². The van der Waals surface area contributed by atoms with Crippen molar-refractivity contribution in [1.82, 2.24) is 15.1 Å². The minimum Gasteiger partial charge on any atom is -0.507 e. The van der Waals surface area contributed by atoms with Gasteiger partial charge in [0.05, 0.1) is 11.1 Å². The summed E-state index contributed by atoms with van der Waals surface area (Å²) in [7, 11) is 1.62. The van der Waals surface area contributed by atoms with E-state index in [0.29, 0.717) is 23.7 Å². The van der Waals surface area contributed by atoms with Crippen molar-refractivity contribution in [3.63, 3.8) is 0 Å². The van der Waals surface area contributed by atoms with Gasteiger partial charge in [-0.15, -0.1) is 0 Å². The van der Waals surface area contributed by atoms with E-state index in [1.807, 2.05) is 30.3 Å². The Bertz CT molecular complexity index is 1160. The molecule has 7 heteroatoms. The molecule has 3 aromatic rings. The number of phenolic OH excluding ortho intramolecular Hbond substituents is 1. The fourth-order valence-electron chi connectivity index (χ4n) is 4.77. The number of phenols is 1. The molecule has 2 N–H and O–H groups in total. The minimum atomic E-state index is -0.496. The average Bonchev–Trinajstić information content (AvgIpc) is 3.46. The number of aromatic amines is 1. The zero-order chi connectivity index (χ0) is 22.8. The van der Waals surface area contributed by atoms with Crippen molar-refractivity contribution in [1.29, 1.82) is 0 Å². The van der Waals surface area contributed by atoms with Crippen molar-refractivity contribution in [2.45, 2.75) is 51.2 Å². The number of benzene rings is 2. The highest BCUT2D eigenvalue weighted by Crippen LogP contribution is 2.32. The van der Waals surface area contributed by atoms with Crippen molar-refractivity contribution >= 4 is 16.8 Å². The summed E-state index contributed by atoms with van der Waals surface area (Å²) >= 11 is 0. The number of aromatic hydroxyl groups is 1. The van der Waals surface area contributed by atoms with Crippen molar-refractivity contribution in [3.05, 3.63) is 71.4 Å². The van der Waals surface area contributed by atoms with Crippen LogP contribution in [0.25, 0.3) is 10.9 Å². The molecular weight excluding hydrogens is 418 g/mol. The number of rotatable bonds is 6. The molecule has 0 radical (unpaired) electrons. The lowest BCUT2D eigenvalue weighted by Gasteiger charge is -2.21. The van der Waals surface area contributed by atoms with Gasteiger partial charge in [-0.3, -0.25) is 14.8 Å². The molecule has 1 fully saturated rings. The van der Waals surface area contributed by atoms with Gasteiger partial charge in [0.1, 0.15) is 12.0 Å². The molecule has 0 spiro atoms. The molecule has 1 amide bonds. The minimum absolute atomic E-state index is 0.101. The zero-order valence-corrected chi connectivity index (χ0v) is 18.8. The molecule has 1 aliphatic carbocycles. The molecule has 1 atom stereocenters.